The molecule has 2 nitrogen and oxygen atoms in total. The van der Waals surface area contributed by atoms with Crippen molar-refractivity contribution in [1.29, 1.82) is 0 Å². The number of ether oxygens (including phenoxy) is 2. The molecule has 0 fully saturated rings. The monoisotopic (exact) mass is 372 g/mol. The molecule has 0 bridgehead atoms. The largest absolute Gasteiger partial charge is 0.385 e. The summed E-state index contributed by atoms with van der Waals surface area (Å²) in [4.78, 5) is 0. The zero-order valence-corrected chi connectivity index (χ0v) is 16.8. The molecule has 0 saturated heterocycles. The number of hydrogen-bond donors (Lipinski definition) is 0. The molecule has 0 aromatic heterocycles. The van der Waals surface area contributed by atoms with Gasteiger partial charge in [-0.1, -0.05) is 72.2 Å². The maximum atomic E-state index is 5.93. The Kier molecular flexibility index (Phi) is 10.3. The second kappa shape index (κ2) is 13.4. The van der Waals surface area contributed by atoms with Crippen molar-refractivity contribution in [2.45, 2.75) is 32.3 Å². The molecular weight excluding hydrogens is 344 g/mol. The van der Waals surface area contributed by atoms with Crippen molar-refractivity contribution in [3.63, 3.8) is 0 Å². The van der Waals surface area contributed by atoms with Crippen LogP contribution in [-0.2, 0) is 9.47 Å². The van der Waals surface area contributed by atoms with Crippen LogP contribution < -0.4 is 0 Å². The van der Waals surface area contributed by atoms with E-state index in [1.165, 1.54) is 0 Å². The number of methoxy groups -OCH3 is 1. The first-order chi connectivity index (χ1) is 13.8. The molecule has 0 heterocycles. The van der Waals surface area contributed by atoms with Crippen LogP contribution in [-0.4, -0.2) is 26.4 Å². The van der Waals surface area contributed by atoms with Crippen molar-refractivity contribution in [2.24, 2.45) is 0 Å². The fourth-order valence-corrected chi connectivity index (χ4v) is 2.58. The van der Waals surface area contributed by atoms with Gasteiger partial charge in [0.2, 0.25) is 0 Å². The van der Waals surface area contributed by atoms with Crippen molar-refractivity contribution in [2.75, 3.05) is 20.3 Å². The maximum Gasteiger partial charge on any atom is 0.151 e. The second-order valence-electron chi connectivity index (χ2n) is 6.23. The predicted octanol–water partition coefficient (Wildman–Crippen LogP) is 5.35. The van der Waals surface area contributed by atoms with Crippen LogP contribution in [0.3, 0.4) is 0 Å². The highest BCUT2D eigenvalue weighted by Crippen LogP contribution is 2.13. The molecule has 1 atom stereocenters. The van der Waals surface area contributed by atoms with Crippen molar-refractivity contribution in [3.05, 3.63) is 77.4 Å². The minimum atomic E-state index is -0.350. The van der Waals surface area contributed by atoms with Gasteiger partial charge in [0.05, 0.1) is 0 Å². The Morgan fingerprint density at radius 2 is 1.71 bits per heavy atom. The molecule has 2 aromatic carbocycles. The topological polar surface area (TPSA) is 18.5 Å². The van der Waals surface area contributed by atoms with Crippen LogP contribution in [0.5, 0.6) is 0 Å². The molecule has 0 amide bonds. The Balaban J connectivity index is 2.25. The van der Waals surface area contributed by atoms with Gasteiger partial charge in [0.15, 0.2) is 6.10 Å². The number of rotatable bonds is 8. The molecule has 0 aliphatic heterocycles. The molecule has 2 aromatic rings. The normalized spacial score (nSPS) is 11.7. The second-order valence-corrected chi connectivity index (χ2v) is 6.23. The third kappa shape index (κ3) is 8.28. The molecule has 2 rings (SSSR count). The van der Waals surface area contributed by atoms with Crippen LogP contribution in [0.4, 0.5) is 0 Å². The SMILES string of the molecule is CCOC(C#Cc1ccccc1)/C(C#CCCCCOC)=C/c1ccccc1. The van der Waals surface area contributed by atoms with Crippen molar-refractivity contribution in [3.8, 4) is 23.7 Å². The van der Waals surface area contributed by atoms with Crippen LogP contribution in [0.1, 0.15) is 37.3 Å². The van der Waals surface area contributed by atoms with Crippen molar-refractivity contribution < 1.29 is 9.47 Å². The lowest BCUT2D eigenvalue weighted by Crippen LogP contribution is -2.13. The van der Waals surface area contributed by atoms with E-state index in [1.807, 2.05) is 55.5 Å². The Morgan fingerprint density at radius 3 is 2.39 bits per heavy atom. The highest BCUT2D eigenvalue weighted by molar-refractivity contribution is 5.61. The molecule has 2 heteroatoms. The number of benzene rings is 2. The van der Waals surface area contributed by atoms with E-state index in [0.29, 0.717) is 6.61 Å². The Hall–Kier alpha value is -2.78. The quantitative estimate of drug-likeness (QED) is 0.459. The maximum absolute atomic E-state index is 5.93. The van der Waals surface area contributed by atoms with Gasteiger partial charge >= 0.3 is 0 Å². The van der Waals surface area contributed by atoms with Gasteiger partial charge in [-0.25, -0.2) is 0 Å². The van der Waals surface area contributed by atoms with E-state index in [1.54, 1.807) is 7.11 Å². The fraction of sp³-hybridized carbons (Fsp3) is 0.308. The smallest absolute Gasteiger partial charge is 0.151 e. The summed E-state index contributed by atoms with van der Waals surface area (Å²) in [6.07, 6.45) is 4.60. The summed E-state index contributed by atoms with van der Waals surface area (Å²) in [6.45, 7) is 3.34. The summed E-state index contributed by atoms with van der Waals surface area (Å²) in [5.74, 6) is 13.1. The van der Waals surface area contributed by atoms with E-state index in [9.17, 15) is 0 Å². The fourth-order valence-electron chi connectivity index (χ4n) is 2.58. The molecule has 1 unspecified atom stereocenters. The minimum absolute atomic E-state index is 0.350. The Morgan fingerprint density at radius 1 is 1.00 bits per heavy atom. The average Bonchev–Trinajstić information content (AvgIpc) is 2.74. The van der Waals surface area contributed by atoms with E-state index in [-0.39, 0.29) is 6.10 Å². The standard InChI is InChI=1S/C26H28O2/c1-3-28-26(20-19-23-14-8-6-9-15-23)25(18-12-4-5-13-21-27-2)22-24-16-10-7-11-17-24/h6-11,14-17,22,26H,3-5,13,21H2,1-2H3/b25-22+. The van der Waals surface area contributed by atoms with E-state index >= 15 is 0 Å². The number of hydrogen-bond acceptors (Lipinski definition) is 2. The van der Waals surface area contributed by atoms with Crippen LogP contribution in [0.2, 0.25) is 0 Å². The van der Waals surface area contributed by atoms with E-state index in [2.05, 4.69) is 41.9 Å². The van der Waals surface area contributed by atoms with E-state index < -0.39 is 0 Å². The predicted molar refractivity (Wildman–Crippen MR) is 117 cm³/mol. The van der Waals surface area contributed by atoms with Gasteiger partial charge in [-0.05, 0) is 43.5 Å². The van der Waals surface area contributed by atoms with Gasteiger partial charge in [-0.2, -0.15) is 0 Å². The zero-order valence-electron chi connectivity index (χ0n) is 16.8. The van der Waals surface area contributed by atoms with Crippen molar-refractivity contribution >= 4 is 6.08 Å². The molecular formula is C26H28O2. The van der Waals surface area contributed by atoms with Crippen molar-refractivity contribution in [1.82, 2.24) is 0 Å². The highest BCUT2D eigenvalue weighted by Gasteiger charge is 2.10. The molecule has 28 heavy (non-hydrogen) atoms. The molecule has 0 aliphatic rings. The minimum Gasteiger partial charge on any atom is -0.385 e. The molecule has 144 valence electrons. The van der Waals surface area contributed by atoms with Crippen LogP contribution in [0, 0.1) is 23.7 Å². The van der Waals surface area contributed by atoms with Gasteiger partial charge in [-0.3, -0.25) is 0 Å². The summed E-state index contributed by atoms with van der Waals surface area (Å²) < 4.78 is 11.0. The van der Waals surface area contributed by atoms with Gasteiger partial charge in [0.25, 0.3) is 0 Å². The summed E-state index contributed by atoms with van der Waals surface area (Å²) in [6, 6.07) is 20.1. The van der Waals surface area contributed by atoms with Crippen LogP contribution >= 0.6 is 0 Å². The van der Waals surface area contributed by atoms with Gasteiger partial charge in [0, 0.05) is 37.9 Å². The molecule has 0 saturated carbocycles. The van der Waals surface area contributed by atoms with Crippen LogP contribution in [0.25, 0.3) is 6.08 Å². The van der Waals surface area contributed by atoms with E-state index in [0.717, 1.165) is 42.6 Å². The third-order valence-electron chi connectivity index (χ3n) is 3.99. The van der Waals surface area contributed by atoms with Gasteiger partial charge in [-0.15, -0.1) is 0 Å². The first-order valence-electron chi connectivity index (χ1n) is 9.76. The molecule has 0 N–H and O–H groups in total. The lowest BCUT2D eigenvalue weighted by Gasteiger charge is -2.11. The summed E-state index contributed by atoms with van der Waals surface area (Å²) in [7, 11) is 1.73. The molecule has 0 aliphatic carbocycles. The Labute approximate surface area is 169 Å². The first kappa shape index (κ1) is 21.5. The average molecular weight is 373 g/mol. The van der Waals surface area contributed by atoms with Crippen LogP contribution in [0.15, 0.2) is 66.2 Å². The number of unbranched alkanes of at least 4 members (excludes halogenated alkanes) is 2. The molecule has 0 radical (unpaired) electrons. The van der Waals surface area contributed by atoms with Gasteiger partial charge < -0.3 is 9.47 Å². The summed E-state index contributed by atoms with van der Waals surface area (Å²) in [5.41, 5.74) is 2.96. The highest BCUT2D eigenvalue weighted by atomic mass is 16.5. The Bertz CT molecular complexity index is 830. The lowest BCUT2D eigenvalue weighted by molar-refractivity contribution is 0.130. The van der Waals surface area contributed by atoms with E-state index in [4.69, 9.17) is 9.47 Å². The zero-order chi connectivity index (χ0) is 19.9. The lowest BCUT2D eigenvalue weighted by atomic mass is 10.0. The molecule has 0 spiro atoms. The van der Waals surface area contributed by atoms with Gasteiger partial charge in [0.1, 0.15) is 0 Å². The first-order valence-corrected chi connectivity index (χ1v) is 9.76. The third-order valence-corrected chi connectivity index (χ3v) is 3.99. The summed E-state index contributed by atoms with van der Waals surface area (Å²) in [5, 5.41) is 0. The summed E-state index contributed by atoms with van der Waals surface area (Å²) >= 11 is 0.